The number of hydrogen-bond acceptors (Lipinski definition) is 3. The molecular weight excluding hydrogens is 427 g/mol. The lowest BCUT2D eigenvalue weighted by Gasteiger charge is -2.23. The molecular formula is C18H29IN6. The summed E-state index contributed by atoms with van der Waals surface area (Å²) in [5.74, 6) is 0.963. The second-order valence-corrected chi connectivity index (χ2v) is 5.93. The van der Waals surface area contributed by atoms with Crippen molar-refractivity contribution in [2.24, 2.45) is 4.99 Å². The predicted octanol–water partition coefficient (Wildman–Crippen LogP) is 3.08. The van der Waals surface area contributed by atoms with Gasteiger partial charge in [-0.15, -0.1) is 34.2 Å². The highest BCUT2D eigenvalue weighted by molar-refractivity contribution is 14.0. The van der Waals surface area contributed by atoms with Gasteiger partial charge in [0, 0.05) is 33.2 Å². The lowest BCUT2D eigenvalue weighted by Crippen LogP contribution is -2.38. The number of hydrogen-bond donors (Lipinski definition) is 1. The van der Waals surface area contributed by atoms with E-state index >= 15 is 0 Å². The third kappa shape index (κ3) is 7.41. The van der Waals surface area contributed by atoms with Gasteiger partial charge in [-0.25, -0.2) is 0 Å². The Bertz CT molecular complexity index is 626. The van der Waals surface area contributed by atoms with Gasteiger partial charge in [-0.1, -0.05) is 24.3 Å². The number of aliphatic imine (C=N–C) groups is 1. The summed E-state index contributed by atoms with van der Waals surface area (Å²) < 4.78 is 2.00. The van der Waals surface area contributed by atoms with E-state index in [1.165, 1.54) is 11.1 Å². The van der Waals surface area contributed by atoms with Crippen molar-refractivity contribution in [1.82, 2.24) is 25.0 Å². The first-order valence-electron chi connectivity index (χ1n) is 8.57. The van der Waals surface area contributed by atoms with E-state index in [0.717, 1.165) is 45.0 Å². The molecule has 6 nitrogen and oxygen atoms in total. The van der Waals surface area contributed by atoms with Crippen molar-refractivity contribution in [2.45, 2.75) is 39.8 Å². The number of guanidine groups is 1. The average molecular weight is 456 g/mol. The minimum Gasteiger partial charge on any atom is -0.357 e. The lowest BCUT2D eigenvalue weighted by atomic mass is 10.1. The minimum absolute atomic E-state index is 0. The Balaban J connectivity index is 0.00000312. The first-order chi connectivity index (χ1) is 11.7. The quantitative estimate of drug-likeness (QED) is 0.287. The number of nitrogens with one attached hydrogen (secondary N) is 1. The lowest BCUT2D eigenvalue weighted by molar-refractivity contribution is 0.474. The number of benzene rings is 1. The molecule has 0 bridgehead atoms. The summed E-state index contributed by atoms with van der Waals surface area (Å²) in [5.41, 5.74) is 2.65. The number of unbranched alkanes of at least 4 members (excludes halogenated alkanes) is 1. The van der Waals surface area contributed by atoms with E-state index in [9.17, 15) is 0 Å². The molecule has 0 unspecified atom stereocenters. The van der Waals surface area contributed by atoms with Crippen LogP contribution in [0, 0.1) is 6.92 Å². The average Bonchev–Trinajstić information content (AvgIpc) is 3.09. The Labute approximate surface area is 167 Å². The molecule has 2 rings (SSSR count). The predicted molar refractivity (Wildman–Crippen MR) is 113 cm³/mol. The van der Waals surface area contributed by atoms with Crippen molar-refractivity contribution >= 4 is 29.9 Å². The minimum atomic E-state index is 0. The molecule has 25 heavy (non-hydrogen) atoms. The van der Waals surface area contributed by atoms with Crippen molar-refractivity contribution in [3.8, 4) is 0 Å². The van der Waals surface area contributed by atoms with Gasteiger partial charge in [0.2, 0.25) is 0 Å². The molecule has 1 aromatic carbocycles. The number of nitrogens with zero attached hydrogens (tertiary/aromatic N) is 5. The topological polar surface area (TPSA) is 58.3 Å². The van der Waals surface area contributed by atoms with E-state index in [1.54, 1.807) is 12.7 Å². The highest BCUT2D eigenvalue weighted by Crippen LogP contribution is 2.09. The highest BCUT2D eigenvalue weighted by Gasteiger charge is 2.07. The van der Waals surface area contributed by atoms with Crippen molar-refractivity contribution in [3.05, 3.63) is 48.0 Å². The van der Waals surface area contributed by atoms with Gasteiger partial charge >= 0.3 is 0 Å². The molecule has 0 saturated carbocycles. The summed E-state index contributed by atoms with van der Waals surface area (Å²) in [4.78, 5) is 6.94. The molecule has 0 spiro atoms. The monoisotopic (exact) mass is 456 g/mol. The molecule has 0 fully saturated rings. The molecule has 0 radical (unpaired) electrons. The summed E-state index contributed by atoms with van der Waals surface area (Å²) in [5, 5.41) is 11.0. The normalized spacial score (nSPS) is 11.1. The van der Waals surface area contributed by atoms with Gasteiger partial charge in [-0.3, -0.25) is 4.99 Å². The van der Waals surface area contributed by atoms with Gasteiger partial charge in [-0.05, 0) is 37.8 Å². The van der Waals surface area contributed by atoms with Crippen LogP contribution in [0.4, 0.5) is 0 Å². The van der Waals surface area contributed by atoms with Gasteiger partial charge in [0.25, 0.3) is 0 Å². The van der Waals surface area contributed by atoms with Crippen molar-refractivity contribution in [1.29, 1.82) is 0 Å². The fraction of sp³-hybridized carbons (Fsp3) is 0.500. The Morgan fingerprint density at radius 2 is 1.92 bits per heavy atom. The van der Waals surface area contributed by atoms with E-state index < -0.39 is 0 Å². The summed E-state index contributed by atoms with van der Waals surface area (Å²) >= 11 is 0. The SMILES string of the molecule is CCNC(=NCCCCn1cnnc1)N(C)Cc1ccccc1C.I. The molecule has 1 N–H and O–H groups in total. The Morgan fingerprint density at radius 3 is 2.60 bits per heavy atom. The highest BCUT2D eigenvalue weighted by atomic mass is 127. The third-order valence-corrected chi connectivity index (χ3v) is 3.92. The third-order valence-electron chi connectivity index (χ3n) is 3.92. The summed E-state index contributed by atoms with van der Waals surface area (Å²) in [6, 6.07) is 8.49. The van der Waals surface area contributed by atoms with Crippen LogP contribution in [-0.2, 0) is 13.1 Å². The van der Waals surface area contributed by atoms with Crippen LogP contribution in [0.15, 0.2) is 41.9 Å². The molecule has 0 aliphatic carbocycles. The van der Waals surface area contributed by atoms with Gasteiger partial charge < -0.3 is 14.8 Å². The summed E-state index contributed by atoms with van der Waals surface area (Å²) in [6.45, 7) is 7.75. The van der Waals surface area contributed by atoms with Crippen LogP contribution in [0.3, 0.4) is 0 Å². The molecule has 2 aromatic rings. The summed E-state index contributed by atoms with van der Waals surface area (Å²) in [7, 11) is 2.09. The molecule has 0 atom stereocenters. The molecule has 1 heterocycles. The van der Waals surface area contributed by atoms with Crippen LogP contribution in [0.2, 0.25) is 0 Å². The Kier molecular flexibility index (Phi) is 10.1. The largest absolute Gasteiger partial charge is 0.357 e. The van der Waals surface area contributed by atoms with Crippen molar-refractivity contribution < 1.29 is 0 Å². The molecule has 0 amide bonds. The first kappa shape index (κ1) is 21.4. The number of aryl methyl sites for hydroxylation is 2. The van der Waals surface area contributed by atoms with Crippen molar-refractivity contribution in [3.63, 3.8) is 0 Å². The fourth-order valence-electron chi connectivity index (χ4n) is 2.52. The van der Waals surface area contributed by atoms with E-state index in [2.05, 4.69) is 65.6 Å². The number of halogens is 1. The molecule has 7 heteroatoms. The first-order valence-corrected chi connectivity index (χ1v) is 8.57. The second kappa shape index (κ2) is 11.8. The zero-order valence-corrected chi connectivity index (χ0v) is 17.7. The number of rotatable bonds is 8. The second-order valence-electron chi connectivity index (χ2n) is 5.93. The van der Waals surface area contributed by atoms with Crippen LogP contribution in [0.1, 0.15) is 30.9 Å². The molecule has 0 saturated heterocycles. The molecule has 138 valence electrons. The van der Waals surface area contributed by atoms with Crippen LogP contribution in [0.5, 0.6) is 0 Å². The van der Waals surface area contributed by atoms with Gasteiger partial charge in [0.1, 0.15) is 12.7 Å². The molecule has 0 aliphatic rings. The maximum atomic E-state index is 4.75. The zero-order valence-electron chi connectivity index (χ0n) is 15.4. The maximum absolute atomic E-state index is 4.75. The van der Waals surface area contributed by atoms with Crippen molar-refractivity contribution in [2.75, 3.05) is 20.1 Å². The van der Waals surface area contributed by atoms with E-state index in [4.69, 9.17) is 4.99 Å². The Hall–Kier alpha value is -1.64. The van der Waals surface area contributed by atoms with E-state index in [0.29, 0.717) is 0 Å². The Morgan fingerprint density at radius 1 is 1.20 bits per heavy atom. The fourth-order valence-corrected chi connectivity index (χ4v) is 2.52. The maximum Gasteiger partial charge on any atom is 0.193 e. The van der Waals surface area contributed by atoms with Gasteiger partial charge in [0.15, 0.2) is 5.96 Å². The zero-order chi connectivity index (χ0) is 17.2. The molecule has 1 aromatic heterocycles. The van der Waals surface area contributed by atoms with Gasteiger partial charge in [0.05, 0.1) is 0 Å². The smallest absolute Gasteiger partial charge is 0.193 e. The van der Waals surface area contributed by atoms with Crippen LogP contribution >= 0.6 is 24.0 Å². The van der Waals surface area contributed by atoms with E-state index in [1.807, 2.05) is 4.57 Å². The number of aromatic nitrogens is 3. The van der Waals surface area contributed by atoms with Crippen LogP contribution in [0.25, 0.3) is 0 Å². The van der Waals surface area contributed by atoms with Crippen LogP contribution < -0.4 is 5.32 Å². The standard InChI is InChI=1S/C18H28N6.HI/c1-4-19-18(20-11-7-8-12-24-14-21-22-15-24)23(3)13-17-10-6-5-9-16(17)2;/h5-6,9-10,14-15H,4,7-8,11-13H2,1-3H3,(H,19,20);1H. The van der Waals surface area contributed by atoms with E-state index in [-0.39, 0.29) is 24.0 Å². The summed E-state index contributed by atoms with van der Waals surface area (Å²) in [6.07, 6.45) is 5.63. The van der Waals surface area contributed by atoms with Crippen LogP contribution in [-0.4, -0.2) is 45.8 Å². The molecule has 0 aliphatic heterocycles. The van der Waals surface area contributed by atoms with Gasteiger partial charge in [-0.2, -0.15) is 0 Å².